The van der Waals surface area contributed by atoms with Gasteiger partial charge in [0.2, 0.25) is 5.95 Å². The number of hydrogen-bond donors (Lipinski definition) is 1. The Morgan fingerprint density at radius 1 is 1.25 bits per heavy atom. The fourth-order valence-corrected chi connectivity index (χ4v) is 1.70. The molecule has 0 radical (unpaired) electrons. The molecule has 0 aliphatic carbocycles. The van der Waals surface area contributed by atoms with E-state index in [4.69, 9.17) is 0 Å². The summed E-state index contributed by atoms with van der Waals surface area (Å²) in [6.45, 7) is 6.00. The summed E-state index contributed by atoms with van der Waals surface area (Å²) >= 11 is 0. The van der Waals surface area contributed by atoms with Crippen molar-refractivity contribution in [3.8, 4) is 0 Å². The van der Waals surface area contributed by atoms with E-state index < -0.39 is 0 Å². The molecule has 0 saturated carbocycles. The quantitative estimate of drug-likeness (QED) is 0.850. The van der Waals surface area contributed by atoms with Crippen LogP contribution in [0.2, 0.25) is 0 Å². The molecule has 3 heteroatoms. The highest BCUT2D eigenvalue weighted by molar-refractivity contribution is 5.33. The number of nitrogens with one attached hydrogen (secondary N) is 1. The third-order valence-electron chi connectivity index (χ3n) is 2.59. The summed E-state index contributed by atoms with van der Waals surface area (Å²) in [7, 11) is 0. The minimum atomic E-state index is 0.893. The molecule has 3 nitrogen and oxygen atoms in total. The SMILES string of the molecule is CCN(Cc1ccccc1)c1ncc(C)[nH]1. The van der Waals surface area contributed by atoms with Crippen LogP contribution in [0.4, 0.5) is 5.95 Å². The van der Waals surface area contributed by atoms with E-state index in [0.717, 1.165) is 24.7 Å². The highest BCUT2D eigenvalue weighted by atomic mass is 15.3. The maximum atomic E-state index is 4.35. The lowest BCUT2D eigenvalue weighted by molar-refractivity contribution is 0.800. The first-order valence-corrected chi connectivity index (χ1v) is 5.60. The molecule has 16 heavy (non-hydrogen) atoms. The summed E-state index contributed by atoms with van der Waals surface area (Å²) in [5.41, 5.74) is 2.40. The van der Waals surface area contributed by atoms with Crippen LogP contribution in [0.5, 0.6) is 0 Å². The van der Waals surface area contributed by atoms with Crippen LogP contribution in [0.25, 0.3) is 0 Å². The summed E-state index contributed by atoms with van der Waals surface area (Å²) in [5, 5.41) is 0. The maximum absolute atomic E-state index is 4.35. The van der Waals surface area contributed by atoms with Gasteiger partial charge >= 0.3 is 0 Å². The van der Waals surface area contributed by atoms with Crippen LogP contribution in [0.3, 0.4) is 0 Å². The number of aromatic amines is 1. The highest BCUT2D eigenvalue weighted by Crippen LogP contribution is 2.12. The van der Waals surface area contributed by atoms with Crippen molar-refractivity contribution in [2.75, 3.05) is 11.4 Å². The first kappa shape index (κ1) is 10.7. The maximum Gasteiger partial charge on any atom is 0.203 e. The van der Waals surface area contributed by atoms with Gasteiger partial charge in [-0.1, -0.05) is 30.3 Å². The van der Waals surface area contributed by atoms with E-state index >= 15 is 0 Å². The number of aryl methyl sites for hydroxylation is 1. The van der Waals surface area contributed by atoms with Gasteiger partial charge in [-0.25, -0.2) is 4.98 Å². The van der Waals surface area contributed by atoms with E-state index in [-0.39, 0.29) is 0 Å². The van der Waals surface area contributed by atoms with Crippen LogP contribution in [0.15, 0.2) is 36.5 Å². The average Bonchev–Trinajstić information content (AvgIpc) is 2.74. The zero-order valence-corrected chi connectivity index (χ0v) is 9.77. The monoisotopic (exact) mass is 215 g/mol. The summed E-state index contributed by atoms with van der Waals surface area (Å²) < 4.78 is 0. The number of hydrogen-bond acceptors (Lipinski definition) is 2. The molecule has 0 saturated heterocycles. The second kappa shape index (κ2) is 4.84. The van der Waals surface area contributed by atoms with E-state index in [1.807, 2.05) is 19.2 Å². The molecule has 0 bridgehead atoms. The fourth-order valence-electron chi connectivity index (χ4n) is 1.70. The van der Waals surface area contributed by atoms with Crippen molar-refractivity contribution in [1.29, 1.82) is 0 Å². The molecule has 0 amide bonds. The number of anilines is 1. The lowest BCUT2D eigenvalue weighted by atomic mass is 10.2. The Morgan fingerprint density at radius 2 is 2.00 bits per heavy atom. The van der Waals surface area contributed by atoms with Crippen LogP contribution < -0.4 is 4.90 Å². The lowest BCUT2D eigenvalue weighted by Gasteiger charge is -2.19. The molecule has 2 rings (SSSR count). The van der Waals surface area contributed by atoms with E-state index in [0.29, 0.717) is 0 Å². The zero-order chi connectivity index (χ0) is 11.4. The van der Waals surface area contributed by atoms with Gasteiger partial charge in [0.15, 0.2) is 0 Å². The number of H-pyrrole nitrogens is 1. The van der Waals surface area contributed by atoms with Crippen molar-refractivity contribution >= 4 is 5.95 Å². The van der Waals surface area contributed by atoms with Crippen molar-refractivity contribution < 1.29 is 0 Å². The third kappa shape index (κ3) is 2.42. The molecule has 0 spiro atoms. The van der Waals surface area contributed by atoms with Crippen LogP contribution >= 0.6 is 0 Å². The molecule has 1 aromatic heterocycles. The molecule has 0 aliphatic heterocycles. The van der Waals surface area contributed by atoms with E-state index in [9.17, 15) is 0 Å². The molecule has 1 heterocycles. The van der Waals surface area contributed by atoms with Crippen molar-refractivity contribution in [3.63, 3.8) is 0 Å². The second-order valence-corrected chi connectivity index (χ2v) is 3.89. The predicted octanol–water partition coefficient (Wildman–Crippen LogP) is 2.74. The molecule has 0 fully saturated rings. The largest absolute Gasteiger partial charge is 0.338 e. The molecule has 0 aliphatic rings. The first-order valence-electron chi connectivity index (χ1n) is 5.60. The van der Waals surface area contributed by atoms with Crippen molar-refractivity contribution in [2.45, 2.75) is 20.4 Å². The number of benzene rings is 1. The van der Waals surface area contributed by atoms with Crippen LogP contribution in [0.1, 0.15) is 18.2 Å². The molecular weight excluding hydrogens is 198 g/mol. The number of nitrogens with zero attached hydrogens (tertiary/aromatic N) is 2. The molecule has 1 aromatic carbocycles. The zero-order valence-electron chi connectivity index (χ0n) is 9.77. The minimum Gasteiger partial charge on any atom is -0.338 e. The molecule has 2 aromatic rings. The van der Waals surface area contributed by atoms with E-state index in [1.165, 1.54) is 5.56 Å². The second-order valence-electron chi connectivity index (χ2n) is 3.89. The van der Waals surface area contributed by atoms with Gasteiger partial charge in [0.25, 0.3) is 0 Å². The molecule has 0 unspecified atom stereocenters. The molecule has 1 N–H and O–H groups in total. The summed E-state index contributed by atoms with van der Waals surface area (Å²) in [6.07, 6.45) is 1.86. The van der Waals surface area contributed by atoms with Crippen molar-refractivity contribution in [3.05, 3.63) is 47.8 Å². The van der Waals surface area contributed by atoms with Gasteiger partial charge in [-0.3, -0.25) is 0 Å². The van der Waals surface area contributed by atoms with Gasteiger partial charge in [-0.15, -0.1) is 0 Å². The number of aromatic nitrogens is 2. The van der Waals surface area contributed by atoms with Gasteiger partial charge in [0.1, 0.15) is 0 Å². The van der Waals surface area contributed by atoms with Gasteiger partial charge < -0.3 is 9.88 Å². The van der Waals surface area contributed by atoms with E-state index in [1.54, 1.807) is 0 Å². The lowest BCUT2D eigenvalue weighted by Crippen LogP contribution is -2.23. The summed E-state index contributed by atoms with van der Waals surface area (Å²) in [5.74, 6) is 0.948. The Bertz CT molecular complexity index is 433. The normalized spacial score (nSPS) is 10.4. The average molecular weight is 215 g/mol. The summed E-state index contributed by atoms with van der Waals surface area (Å²) in [4.78, 5) is 9.84. The van der Waals surface area contributed by atoms with Crippen molar-refractivity contribution in [1.82, 2.24) is 9.97 Å². The van der Waals surface area contributed by atoms with Gasteiger partial charge in [-0.2, -0.15) is 0 Å². The minimum absolute atomic E-state index is 0.893. The first-order chi connectivity index (χ1) is 7.79. The Morgan fingerprint density at radius 3 is 2.56 bits per heavy atom. The molecule has 0 atom stereocenters. The van der Waals surface area contributed by atoms with Gasteiger partial charge in [0.05, 0.1) is 0 Å². The number of rotatable bonds is 4. The van der Waals surface area contributed by atoms with Gasteiger partial charge in [0, 0.05) is 25.0 Å². The predicted molar refractivity (Wildman–Crippen MR) is 66.5 cm³/mol. The Balaban J connectivity index is 2.12. The standard InChI is InChI=1S/C13H17N3/c1-3-16(13-14-9-11(2)15-13)10-12-7-5-4-6-8-12/h4-9H,3,10H2,1-2H3,(H,14,15). The van der Waals surface area contributed by atoms with Crippen LogP contribution in [-0.4, -0.2) is 16.5 Å². The van der Waals surface area contributed by atoms with Crippen LogP contribution in [-0.2, 0) is 6.54 Å². The molecular formula is C13H17N3. The Labute approximate surface area is 96.1 Å². The van der Waals surface area contributed by atoms with E-state index in [2.05, 4.69) is 46.1 Å². The fraction of sp³-hybridized carbons (Fsp3) is 0.308. The topological polar surface area (TPSA) is 31.9 Å². The molecule has 84 valence electrons. The Hall–Kier alpha value is -1.77. The van der Waals surface area contributed by atoms with Crippen molar-refractivity contribution in [2.24, 2.45) is 0 Å². The Kier molecular flexibility index (Phi) is 3.25. The summed E-state index contributed by atoms with van der Waals surface area (Å²) in [6, 6.07) is 10.4. The van der Waals surface area contributed by atoms with Crippen LogP contribution in [0, 0.1) is 6.92 Å². The number of imidazole rings is 1. The highest BCUT2D eigenvalue weighted by Gasteiger charge is 2.07. The van der Waals surface area contributed by atoms with Gasteiger partial charge in [-0.05, 0) is 19.4 Å². The smallest absolute Gasteiger partial charge is 0.203 e. The third-order valence-corrected chi connectivity index (χ3v) is 2.59.